The highest BCUT2D eigenvalue weighted by Crippen LogP contribution is 2.33. The molecule has 2 N–H and O–H groups in total. The Bertz CT molecular complexity index is 421. The molecule has 0 aliphatic rings. The van der Waals surface area contributed by atoms with Crippen LogP contribution in [0.4, 0.5) is 0 Å². The maximum Gasteiger partial charge on any atom is 0.123 e. The Morgan fingerprint density at radius 3 is 2.35 bits per heavy atom. The second-order valence-corrected chi connectivity index (χ2v) is 6.74. The van der Waals surface area contributed by atoms with Crippen LogP contribution in [0.3, 0.4) is 0 Å². The number of rotatable bonds is 7. The number of hydrogen-bond donors (Lipinski definition) is 1. The number of hydrogen-bond acceptors (Lipinski definition) is 3. The van der Waals surface area contributed by atoms with Crippen LogP contribution in [-0.2, 0) is 0 Å². The Balaban J connectivity index is 3.18. The third kappa shape index (κ3) is 4.47. The van der Waals surface area contributed by atoms with E-state index in [-0.39, 0.29) is 6.04 Å². The molecule has 1 aromatic rings. The second kappa shape index (κ2) is 8.01. The lowest BCUT2D eigenvalue weighted by Crippen LogP contribution is -2.41. The topological polar surface area (TPSA) is 38.5 Å². The van der Waals surface area contributed by atoms with Gasteiger partial charge in [-0.05, 0) is 38.0 Å². The molecule has 3 nitrogen and oxygen atoms in total. The first-order chi connectivity index (χ1) is 9.40. The molecule has 1 rings (SSSR count). The third-order valence-electron chi connectivity index (χ3n) is 3.41. The zero-order valence-electron chi connectivity index (χ0n) is 13.2. The molecule has 114 valence electrons. The number of nitrogens with two attached hydrogens (primary N) is 1. The second-order valence-electron chi connectivity index (χ2n) is 5.82. The van der Waals surface area contributed by atoms with Gasteiger partial charge in [-0.2, -0.15) is 0 Å². The van der Waals surface area contributed by atoms with Gasteiger partial charge in [-0.25, -0.2) is 0 Å². The minimum Gasteiger partial charge on any atom is -0.496 e. The summed E-state index contributed by atoms with van der Waals surface area (Å²) in [6.07, 6.45) is 0. The highest BCUT2D eigenvalue weighted by molar-refractivity contribution is 9.10. The Labute approximate surface area is 131 Å². The first-order valence-electron chi connectivity index (χ1n) is 7.19. The summed E-state index contributed by atoms with van der Waals surface area (Å²) >= 11 is 3.55. The molecule has 0 heterocycles. The molecular weight excluding hydrogens is 316 g/mol. The number of benzene rings is 1. The van der Waals surface area contributed by atoms with Crippen molar-refractivity contribution in [3.63, 3.8) is 0 Å². The van der Waals surface area contributed by atoms with E-state index in [9.17, 15) is 0 Å². The number of methoxy groups -OCH3 is 1. The van der Waals surface area contributed by atoms with Gasteiger partial charge in [0.2, 0.25) is 0 Å². The summed E-state index contributed by atoms with van der Waals surface area (Å²) in [4.78, 5) is 2.45. The Morgan fingerprint density at radius 2 is 1.90 bits per heavy atom. The van der Waals surface area contributed by atoms with Gasteiger partial charge < -0.3 is 10.5 Å². The number of halogens is 1. The Kier molecular flexibility index (Phi) is 7.00. The molecule has 0 aliphatic heterocycles. The first kappa shape index (κ1) is 17.5. The number of nitrogens with zero attached hydrogens (tertiary/aromatic N) is 1. The van der Waals surface area contributed by atoms with Crippen LogP contribution in [0, 0.1) is 5.92 Å². The standard InChI is InChI=1S/C16H27BrN2O/c1-11(2)10-19(12(3)4)15(9-18)14-8-13(17)6-7-16(14)20-5/h6-8,11-12,15H,9-10,18H2,1-5H3. The summed E-state index contributed by atoms with van der Waals surface area (Å²) in [5.41, 5.74) is 7.23. The quantitative estimate of drug-likeness (QED) is 0.818. The minimum absolute atomic E-state index is 0.171. The average Bonchev–Trinajstić information content (AvgIpc) is 2.38. The minimum atomic E-state index is 0.171. The molecule has 1 aromatic carbocycles. The van der Waals surface area contributed by atoms with E-state index in [4.69, 9.17) is 10.5 Å². The predicted octanol–water partition coefficient (Wildman–Crippen LogP) is 3.82. The van der Waals surface area contributed by atoms with Crippen LogP contribution < -0.4 is 10.5 Å². The monoisotopic (exact) mass is 342 g/mol. The summed E-state index contributed by atoms with van der Waals surface area (Å²) in [6, 6.07) is 6.72. The van der Waals surface area contributed by atoms with Gasteiger partial charge in [0, 0.05) is 29.2 Å². The summed E-state index contributed by atoms with van der Waals surface area (Å²) in [6.45, 7) is 10.5. The lowest BCUT2D eigenvalue weighted by molar-refractivity contribution is 0.136. The van der Waals surface area contributed by atoms with Crippen LogP contribution >= 0.6 is 15.9 Å². The van der Waals surface area contributed by atoms with Crippen LogP contribution in [-0.4, -0.2) is 31.1 Å². The molecule has 0 spiro atoms. The summed E-state index contributed by atoms with van der Waals surface area (Å²) in [5, 5.41) is 0. The van der Waals surface area contributed by atoms with Gasteiger partial charge in [0.05, 0.1) is 13.2 Å². The lowest BCUT2D eigenvalue weighted by atomic mass is 10.0. The van der Waals surface area contributed by atoms with Crippen LogP contribution in [0.5, 0.6) is 5.75 Å². The van der Waals surface area contributed by atoms with Crippen molar-refractivity contribution in [1.29, 1.82) is 0 Å². The van der Waals surface area contributed by atoms with Crippen molar-refractivity contribution in [1.82, 2.24) is 4.90 Å². The maximum atomic E-state index is 6.08. The van der Waals surface area contributed by atoms with Crippen molar-refractivity contribution in [2.75, 3.05) is 20.2 Å². The van der Waals surface area contributed by atoms with E-state index in [0.717, 1.165) is 22.3 Å². The van der Waals surface area contributed by atoms with Crippen LogP contribution in [0.15, 0.2) is 22.7 Å². The van der Waals surface area contributed by atoms with Crippen molar-refractivity contribution in [2.24, 2.45) is 11.7 Å². The smallest absolute Gasteiger partial charge is 0.123 e. The lowest BCUT2D eigenvalue weighted by Gasteiger charge is -2.36. The fourth-order valence-corrected chi connectivity index (χ4v) is 2.91. The third-order valence-corrected chi connectivity index (χ3v) is 3.91. The normalized spacial score (nSPS) is 13.3. The maximum absolute atomic E-state index is 6.08. The molecule has 0 aromatic heterocycles. The molecule has 4 heteroatoms. The molecule has 0 radical (unpaired) electrons. The van der Waals surface area contributed by atoms with Gasteiger partial charge in [0.15, 0.2) is 0 Å². The Hall–Kier alpha value is -0.580. The molecule has 0 saturated carbocycles. The summed E-state index contributed by atoms with van der Waals surface area (Å²) in [7, 11) is 1.71. The van der Waals surface area contributed by atoms with E-state index >= 15 is 0 Å². The molecule has 1 atom stereocenters. The van der Waals surface area contributed by atoms with Crippen LogP contribution in [0.1, 0.15) is 39.3 Å². The molecule has 0 fully saturated rings. The highest BCUT2D eigenvalue weighted by Gasteiger charge is 2.25. The fraction of sp³-hybridized carbons (Fsp3) is 0.625. The largest absolute Gasteiger partial charge is 0.496 e. The average molecular weight is 343 g/mol. The van der Waals surface area contributed by atoms with E-state index in [1.807, 2.05) is 12.1 Å². The van der Waals surface area contributed by atoms with Gasteiger partial charge >= 0.3 is 0 Å². The molecule has 0 bridgehead atoms. The van der Waals surface area contributed by atoms with Crippen molar-refractivity contribution >= 4 is 15.9 Å². The molecule has 0 amide bonds. The van der Waals surface area contributed by atoms with Gasteiger partial charge in [-0.1, -0.05) is 29.8 Å². The van der Waals surface area contributed by atoms with Gasteiger partial charge in [-0.15, -0.1) is 0 Å². The van der Waals surface area contributed by atoms with Crippen molar-refractivity contribution in [3.05, 3.63) is 28.2 Å². The molecule has 1 unspecified atom stereocenters. The number of ether oxygens (including phenoxy) is 1. The van der Waals surface area contributed by atoms with E-state index in [1.165, 1.54) is 0 Å². The highest BCUT2D eigenvalue weighted by atomic mass is 79.9. The zero-order valence-corrected chi connectivity index (χ0v) is 14.8. The van der Waals surface area contributed by atoms with Crippen LogP contribution in [0.2, 0.25) is 0 Å². The summed E-state index contributed by atoms with van der Waals surface area (Å²) in [5.74, 6) is 1.50. The molecular formula is C16H27BrN2O. The van der Waals surface area contributed by atoms with Crippen molar-refractivity contribution < 1.29 is 4.74 Å². The van der Waals surface area contributed by atoms with Crippen molar-refractivity contribution in [3.8, 4) is 5.75 Å². The van der Waals surface area contributed by atoms with E-state index in [2.05, 4.69) is 54.6 Å². The van der Waals surface area contributed by atoms with E-state index in [1.54, 1.807) is 7.11 Å². The van der Waals surface area contributed by atoms with Crippen molar-refractivity contribution in [2.45, 2.75) is 39.8 Å². The molecule has 0 aliphatic carbocycles. The Morgan fingerprint density at radius 1 is 1.25 bits per heavy atom. The van der Waals surface area contributed by atoms with E-state index < -0.39 is 0 Å². The summed E-state index contributed by atoms with van der Waals surface area (Å²) < 4.78 is 6.57. The van der Waals surface area contributed by atoms with Gasteiger partial charge in [0.25, 0.3) is 0 Å². The molecule has 0 saturated heterocycles. The zero-order chi connectivity index (χ0) is 15.3. The first-order valence-corrected chi connectivity index (χ1v) is 7.99. The van der Waals surface area contributed by atoms with Gasteiger partial charge in [0.1, 0.15) is 5.75 Å². The molecule has 20 heavy (non-hydrogen) atoms. The SMILES string of the molecule is COc1ccc(Br)cc1C(CN)N(CC(C)C)C(C)C. The predicted molar refractivity (Wildman–Crippen MR) is 89.2 cm³/mol. The van der Waals surface area contributed by atoms with E-state index in [0.29, 0.717) is 18.5 Å². The van der Waals surface area contributed by atoms with Crippen LogP contribution in [0.25, 0.3) is 0 Å². The van der Waals surface area contributed by atoms with Gasteiger partial charge in [-0.3, -0.25) is 4.90 Å². The fourth-order valence-electron chi connectivity index (χ4n) is 2.53.